The van der Waals surface area contributed by atoms with Crippen molar-refractivity contribution in [3.05, 3.63) is 16.8 Å². The first-order valence-corrected chi connectivity index (χ1v) is 19.6. The minimum atomic E-state index is -1.48. The van der Waals surface area contributed by atoms with Crippen molar-refractivity contribution in [2.24, 2.45) is 0 Å². The summed E-state index contributed by atoms with van der Waals surface area (Å²) in [5, 5.41) is 0. The first-order chi connectivity index (χ1) is 9.59. The fourth-order valence-corrected chi connectivity index (χ4v) is 20.8. The van der Waals surface area contributed by atoms with Gasteiger partial charge in [0.2, 0.25) is 0 Å². The Morgan fingerprint density at radius 3 is 1.55 bits per heavy atom. The second-order valence-corrected chi connectivity index (χ2v) is 26.6. The maximum Gasteiger partial charge on any atom is 0.189 e. The Bertz CT molecular complexity index is 423. The van der Waals surface area contributed by atoms with E-state index in [4.69, 9.17) is 4.74 Å². The van der Waals surface area contributed by atoms with Gasteiger partial charge in [0.05, 0.1) is 15.3 Å². The number of hydrogen-bond acceptors (Lipinski definition) is 3. The van der Waals surface area contributed by atoms with Crippen molar-refractivity contribution in [3.63, 3.8) is 0 Å². The van der Waals surface area contributed by atoms with Crippen LogP contribution < -0.4 is 4.75 Å². The van der Waals surface area contributed by atoms with E-state index in [0.29, 0.717) is 0 Å². The first kappa shape index (κ1) is 22.3. The molecule has 0 bridgehead atoms. The molecule has 0 aromatic rings. The third-order valence-corrected chi connectivity index (χ3v) is 18.6. The molecule has 0 amide bonds. The van der Waals surface area contributed by atoms with Crippen LogP contribution in [-0.4, -0.2) is 35.8 Å². The number of methoxy groups -OCH3 is 1. The minimum absolute atomic E-state index is 0.653. The van der Waals surface area contributed by atoms with Crippen LogP contribution in [0, 0.1) is 0 Å². The molecule has 0 aliphatic rings. The molecule has 130 valence electrons. The Morgan fingerprint density at radius 1 is 0.909 bits per heavy atom. The molecule has 1 N–H and O–H groups in total. The van der Waals surface area contributed by atoms with Gasteiger partial charge >= 0.3 is 0 Å². The molecule has 0 rings (SSSR count). The second-order valence-electron chi connectivity index (χ2n) is 8.96. The SMILES string of the molecule is COC(=C=C(C)C)P(N[Si](C)(C)C)N([Si](C)(C)C)[Si](C)(C)C. The van der Waals surface area contributed by atoms with Gasteiger partial charge in [0.1, 0.15) is 24.7 Å². The Labute approximate surface area is 143 Å². The van der Waals surface area contributed by atoms with Crippen molar-refractivity contribution in [1.82, 2.24) is 8.75 Å². The molecular formula is C15H37N2OPSi3. The lowest BCUT2D eigenvalue weighted by molar-refractivity contribution is 0.320. The molecule has 0 saturated carbocycles. The maximum absolute atomic E-state index is 5.82. The highest BCUT2D eigenvalue weighted by Crippen LogP contribution is 2.51. The van der Waals surface area contributed by atoms with Crippen LogP contribution in [0.15, 0.2) is 16.8 Å². The van der Waals surface area contributed by atoms with Crippen LogP contribution >= 0.6 is 8.22 Å². The number of allylic oxidation sites excluding steroid dienone is 1. The van der Waals surface area contributed by atoms with E-state index in [9.17, 15) is 0 Å². The topological polar surface area (TPSA) is 24.5 Å². The number of nitrogens with zero attached hydrogens (tertiary/aromatic N) is 1. The maximum atomic E-state index is 5.82. The highest BCUT2D eigenvalue weighted by Gasteiger charge is 2.43. The zero-order valence-corrected chi connectivity index (χ0v) is 20.7. The zero-order chi connectivity index (χ0) is 17.9. The van der Waals surface area contributed by atoms with Crippen LogP contribution in [-0.2, 0) is 4.74 Å². The lowest BCUT2D eigenvalue weighted by atomic mass is 10.4. The summed E-state index contributed by atoms with van der Waals surface area (Å²) in [6, 6.07) is 0. The molecule has 0 aromatic carbocycles. The third kappa shape index (κ3) is 7.73. The van der Waals surface area contributed by atoms with E-state index in [1.54, 1.807) is 7.11 Å². The zero-order valence-electron chi connectivity index (χ0n) is 16.8. The van der Waals surface area contributed by atoms with Gasteiger partial charge in [0, 0.05) is 0 Å². The predicted molar refractivity (Wildman–Crippen MR) is 111 cm³/mol. The minimum Gasteiger partial charge on any atom is -0.487 e. The predicted octanol–water partition coefficient (Wildman–Crippen LogP) is 5.75. The summed E-state index contributed by atoms with van der Waals surface area (Å²) in [5.41, 5.74) is 5.66. The van der Waals surface area contributed by atoms with Crippen LogP contribution in [0.5, 0.6) is 0 Å². The van der Waals surface area contributed by atoms with E-state index in [-0.39, 0.29) is 0 Å². The van der Waals surface area contributed by atoms with Gasteiger partial charge < -0.3 is 8.74 Å². The molecule has 1 unspecified atom stereocenters. The normalized spacial score (nSPS) is 14.6. The van der Waals surface area contributed by atoms with Crippen LogP contribution in [0.1, 0.15) is 13.8 Å². The van der Waals surface area contributed by atoms with Gasteiger partial charge in [-0.05, 0) is 19.4 Å². The molecule has 3 nitrogen and oxygen atoms in total. The first-order valence-electron chi connectivity index (χ1n) is 7.96. The quantitative estimate of drug-likeness (QED) is 0.265. The number of nitrogens with one attached hydrogen (secondary N) is 1. The molecule has 7 heteroatoms. The van der Waals surface area contributed by atoms with Crippen LogP contribution in [0.3, 0.4) is 0 Å². The van der Waals surface area contributed by atoms with Gasteiger partial charge in [-0.25, -0.2) is 0 Å². The van der Waals surface area contributed by atoms with Gasteiger partial charge in [-0.1, -0.05) is 64.7 Å². The third-order valence-electron chi connectivity index (χ3n) is 2.65. The van der Waals surface area contributed by atoms with Crippen molar-refractivity contribution >= 4 is 32.9 Å². The monoisotopic (exact) mass is 376 g/mol. The Kier molecular flexibility index (Phi) is 8.05. The Hall–Kier alpha value is 0.321. The molecule has 1 atom stereocenters. The van der Waals surface area contributed by atoms with E-state index in [0.717, 1.165) is 5.50 Å². The number of hydrogen-bond donors (Lipinski definition) is 1. The van der Waals surface area contributed by atoms with Crippen LogP contribution in [0.4, 0.5) is 0 Å². The lowest BCUT2D eigenvalue weighted by Gasteiger charge is -2.49. The van der Waals surface area contributed by atoms with E-state index >= 15 is 0 Å². The molecule has 0 spiro atoms. The molecule has 0 radical (unpaired) electrons. The highest BCUT2D eigenvalue weighted by atomic mass is 31.1. The molecule has 0 fully saturated rings. The van der Waals surface area contributed by atoms with Gasteiger partial charge in [0.15, 0.2) is 5.50 Å². The fraction of sp³-hybridized carbons (Fsp3) is 0.800. The van der Waals surface area contributed by atoms with Crippen LogP contribution in [0.25, 0.3) is 0 Å². The lowest BCUT2D eigenvalue weighted by Crippen LogP contribution is -2.59. The van der Waals surface area contributed by atoms with Crippen molar-refractivity contribution in [2.75, 3.05) is 7.11 Å². The molecule has 0 aliphatic heterocycles. The largest absolute Gasteiger partial charge is 0.487 e. The summed E-state index contributed by atoms with van der Waals surface area (Å²) in [4.78, 5) is 0. The van der Waals surface area contributed by atoms with Crippen molar-refractivity contribution in [2.45, 2.75) is 72.8 Å². The second kappa shape index (κ2) is 7.93. The molecule has 0 heterocycles. The molecule has 0 aromatic heterocycles. The molecular weight excluding hydrogens is 339 g/mol. The summed E-state index contributed by atoms with van der Waals surface area (Å²) < 4.78 is 12.6. The summed E-state index contributed by atoms with van der Waals surface area (Å²) in [6.45, 7) is 26.0. The van der Waals surface area contributed by atoms with E-state index < -0.39 is 32.9 Å². The Morgan fingerprint density at radius 2 is 1.32 bits per heavy atom. The summed E-state index contributed by atoms with van der Waals surface area (Å²) in [7, 11) is -3.26. The smallest absolute Gasteiger partial charge is 0.189 e. The van der Waals surface area contributed by atoms with Crippen molar-refractivity contribution in [3.8, 4) is 0 Å². The van der Waals surface area contributed by atoms with Gasteiger partial charge in [0.25, 0.3) is 0 Å². The fourth-order valence-electron chi connectivity index (χ4n) is 2.52. The Balaban J connectivity index is 6.21. The molecule has 22 heavy (non-hydrogen) atoms. The van der Waals surface area contributed by atoms with Gasteiger partial charge in [-0.2, -0.15) is 0 Å². The standard InChI is InChI=1S/C15H37N2OPSi3/c1-14(2)13-15(18-3)19(16-20(4,5)6)17(21(7,8)9)22(10,11)12/h16H,1-12H3. The van der Waals surface area contributed by atoms with Crippen LogP contribution in [0.2, 0.25) is 58.9 Å². The van der Waals surface area contributed by atoms with E-state index in [1.165, 1.54) is 5.57 Å². The van der Waals surface area contributed by atoms with Crippen molar-refractivity contribution in [1.29, 1.82) is 0 Å². The van der Waals surface area contributed by atoms with Gasteiger partial charge in [-0.3, -0.25) is 4.75 Å². The summed E-state index contributed by atoms with van der Waals surface area (Å²) in [5.74, 6) is 0. The highest BCUT2D eigenvalue weighted by molar-refractivity contribution is 7.64. The average molecular weight is 377 g/mol. The average Bonchev–Trinajstić information content (AvgIpc) is 2.18. The molecule has 0 saturated heterocycles. The van der Waals surface area contributed by atoms with E-state index in [2.05, 4.69) is 87.3 Å². The van der Waals surface area contributed by atoms with E-state index in [1.807, 2.05) is 0 Å². The van der Waals surface area contributed by atoms with Crippen molar-refractivity contribution < 1.29 is 4.74 Å². The summed E-state index contributed by atoms with van der Waals surface area (Å²) >= 11 is 0. The number of ether oxygens (including phenoxy) is 1. The summed E-state index contributed by atoms with van der Waals surface area (Å²) in [6.07, 6.45) is 0. The number of rotatable bonds is 7. The van der Waals surface area contributed by atoms with Gasteiger partial charge in [-0.15, -0.1) is 0 Å². The molecule has 0 aliphatic carbocycles.